The molecule has 19 heavy (non-hydrogen) atoms. The van der Waals surface area contributed by atoms with Crippen LogP contribution < -0.4 is 5.32 Å². The highest BCUT2D eigenvalue weighted by molar-refractivity contribution is 5.41. The monoisotopic (exact) mass is 269 g/mol. The van der Waals surface area contributed by atoms with Gasteiger partial charge in [0.15, 0.2) is 0 Å². The Hall–Kier alpha value is -1.03. The highest BCUT2D eigenvalue weighted by Gasteiger charge is 2.37. The fraction of sp³-hybridized carbons (Fsp3) is 0.600. The molecular formula is C15H18F3N. The second kappa shape index (κ2) is 4.82. The van der Waals surface area contributed by atoms with Crippen LogP contribution in [0.2, 0.25) is 0 Å². The molecule has 1 aromatic rings. The van der Waals surface area contributed by atoms with Crippen molar-refractivity contribution >= 4 is 0 Å². The first kappa shape index (κ1) is 13.0. The number of benzene rings is 1. The summed E-state index contributed by atoms with van der Waals surface area (Å²) < 4.78 is 39.2. The molecule has 2 unspecified atom stereocenters. The maximum Gasteiger partial charge on any atom is 0.416 e. The quantitative estimate of drug-likeness (QED) is 0.816. The minimum Gasteiger partial charge on any atom is -0.313 e. The van der Waals surface area contributed by atoms with Gasteiger partial charge in [-0.1, -0.05) is 12.1 Å². The van der Waals surface area contributed by atoms with E-state index >= 15 is 0 Å². The SMILES string of the molecule is FC(F)(F)c1cccc2c1CCCC2C1CCCN1. The van der Waals surface area contributed by atoms with Crippen LogP contribution in [-0.2, 0) is 12.6 Å². The summed E-state index contributed by atoms with van der Waals surface area (Å²) in [5, 5.41) is 3.44. The molecule has 1 saturated heterocycles. The number of hydrogen-bond acceptors (Lipinski definition) is 1. The van der Waals surface area contributed by atoms with Crippen molar-refractivity contribution in [1.29, 1.82) is 0 Å². The molecule has 3 rings (SSSR count). The van der Waals surface area contributed by atoms with Crippen molar-refractivity contribution < 1.29 is 13.2 Å². The molecule has 1 aliphatic heterocycles. The van der Waals surface area contributed by atoms with Crippen LogP contribution in [0.3, 0.4) is 0 Å². The molecule has 4 heteroatoms. The Morgan fingerprint density at radius 1 is 1.11 bits per heavy atom. The van der Waals surface area contributed by atoms with Crippen molar-refractivity contribution in [3.8, 4) is 0 Å². The molecule has 0 aromatic heterocycles. The van der Waals surface area contributed by atoms with Gasteiger partial charge in [0, 0.05) is 6.04 Å². The van der Waals surface area contributed by atoms with Crippen LogP contribution in [-0.4, -0.2) is 12.6 Å². The first-order valence-corrected chi connectivity index (χ1v) is 7.00. The maximum absolute atomic E-state index is 13.1. The highest BCUT2D eigenvalue weighted by atomic mass is 19.4. The van der Waals surface area contributed by atoms with E-state index in [-0.39, 0.29) is 5.92 Å². The summed E-state index contributed by atoms with van der Waals surface area (Å²) in [5.41, 5.74) is 1.05. The van der Waals surface area contributed by atoms with Crippen LogP contribution in [0.15, 0.2) is 18.2 Å². The lowest BCUT2D eigenvalue weighted by atomic mass is 9.76. The van der Waals surface area contributed by atoms with Gasteiger partial charge in [-0.25, -0.2) is 0 Å². The van der Waals surface area contributed by atoms with Gasteiger partial charge < -0.3 is 5.32 Å². The van der Waals surface area contributed by atoms with Gasteiger partial charge in [0.1, 0.15) is 0 Å². The van der Waals surface area contributed by atoms with E-state index in [0.29, 0.717) is 18.0 Å². The molecule has 1 aliphatic carbocycles. The van der Waals surface area contributed by atoms with Gasteiger partial charge in [-0.3, -0.25) is 0 Å². The third-order valence-corrected chi connectivity index (χ3v) is 4.44. The van der Waals surface area contributed by atoms with Crippen molar-refractivity contribution in [3.63, 3.8) is 0 Å². The van der Waals surface area contributed by atoms with E-state index in [0.717, 1.165) is 37.8 Å². The molecular weight excluding hydrogens is 251 g/mol. The Labute approximate surface area is 111 Å². The molecule has 1 heterocycles. The molecule has 2 atom stereocenters. The Balaban J connectivity index is 2.00. The average Bonchev–Trinajstić information content (AvgIpc) is 2.90. The summed E-state index contributed by atoms with van der Waals surface area (Å²) in [6, 6.07) is 5.05. The summed E-state index contributed by atoms with van der Waals surface area (Å²) >= 11 is 0. The van der Waals surface area contributed by atoms with Crippen molar-refractivity contribution in [2.24, 2.45) is 0 Å². The van der Waals surface area contributed by atoms with E-state index in [9.17, 15) is 13.2 Å². The average molecular weight is 269 g/mol. The molecule has 0 amide bonds. The number of hydrogen-bond donors (Lipinski definition) is 1. The van der Waals surface area contributed by atoms with E-state index < -0.39 is 11.7 Å². The lowest BCUT2D eigenvalue weighted by Crippen LogP contribution is -2.32. The van der Waals surface area contributed by atoms with E-state index in [1.807, 2.05) is 6.07 Å². The second-order valence-corrected chi connectivity index (χ2v) is 5.57. The van der Waals surface area contributed by atoms with E-state index in [4.69, 9.17) is 0 Å². The molecule has 0 spiro atoms. The lowest BCUT2D eigenvalue weighted by Gasteiger charge is -2.32. The zero-order chi connectivity index (χ0) is 13.5. The van der Waals surface area contributed by atoms with Crippen molar-refractivity contribution in [2.75, 3.05) is 6.54 Å². The van der Waals surface area contributed by atoms with Crippen LogP contribution >= 0.6 is 0 Å². The van der Waals surface area contributed by atoms with Crippen molar-refractivity contribution in [2.45, 2.75) is 50.2 Å². The molecule has 0 saturated carbocycles. The van der Waals surface area contributed by atoms with E-state index in [1.54, 1.807) is 6.07 Å². The van der Waals surface area contributed by atoms with Gasteiger partial charge in [0.05, 0.1) is 5.56 Å². The second-order valence-electron chi connectivity index (χ2n) is 5.57. The Morgan fingerprint density at radius 2 is 1.95 bits per heavy atom. The molecule has 2 aliphatic rings. The number of nitrogens with one attached hydrogen (secondary N) is 1. The van der Waals surface area contributed by atoms with Crippen LogP contribution in [0.1, 0.15) is 48.3 Å². The van der Waals surface area contributed by atoms with Gasteiger partial charge in [-0.15, -0.1) is 0 Å². The lowest BCUT2D eigenvalue weighted by molar-refractivity contribution is -0.138. The summed E-state index contributed by atoms with van der Waals surface area (Å²) in [6.07, 6.45) is 0.426. The Bertz CT molecular complexity index is 461. The minimum absolute atomic E-state index is 0.258. The molecule has 0 bridgehead atoms. The highest BCUT2D eigenvalue weighted by Crippen LogP contribution is 2.42. The maximum atomic E-state index is 13.1. The predicted molar refractivity (Wildman–Crippen MR) is 68.1 cm³/mol. The molecule has 1 fully saturated rings. The summed E-state index contributed by atoms with van der Waals surface area (Å²) in [4.78, 5) is 0. The van der Waals surface area contributed by atoms with Crippen LogP contribution in [0.5, 0.6) is 0 Å². The molecule has 0 radical (unpaired) electrons. The standard InChI is InChI=1S/C15H18F3N/c16-15(17,18)13-7-2-4-10-11(13)5-1-6-12(10)14-8-3-9-19-14/h2,4,7,12,14,19H,1,3,5-6,8-9H2. The number of rotatable bonds is 1. The number of alkyl halides is 3. The fourth-order valence-corrected chi connectivity index (χ4v) is 3.62. The molecule has 1 aromatic carbocycles. The van der Waals surface area contributed by atoms with Gasteiger partial charge in [-0.05, 0) is 61.8 Å². The zero-order valence-corrected chi connectivity index (χ0v) is 10.8. The zero-order valence-electron chi connectivity index (χ0n) is 10.8. The van der Waals surface area contributed by atoms with Gasteiger partial charge in [0.2, 0.25) is 0 Å². The van der Waals surface area contributed by atoms with Crippen LogP contribution in [0.25, 0.3) is 0 Å². The molecule has 1 N–H and O–H groups in total. The molecule has 104 valence electrons. The first-order valence-electron chi connectivity index (χ1n) is 7.00. The van der Waals surface area contributed by atoms with E-state index in [2.05, 4.69) is 5.32 Å². The third kappa shape index (κ3) is 2.38. The largest absolute Gasteiger partial charge is 0.416 e. The fourth-order valence-electron chi connectivity index (χ4n) is 3.62. The predicted octanol–water partition coefficient (Wildman–Crippen LogP) is 3.88. The van der Waals surface area contributed by atoms with Crippen molar-refractivity contribution in [3.05, 3.63) is 34.9 Å². The minimum atomic E-state index is -4.23. The summed E-state index contributed by atoms with van der Waals surface area (Å²) in [5.74, 6) is 0.258. The first-order chi connectivity index (χ1) is 9.07. The van der Waals surface area contributed by atoms with Crippen LogP contribution in [0.4, 0.5) is 13.2 Å². The normalized spacial score (nSPS) is 27.3. The third-order valence-electron chi connectivity index (χ3n) is 4.44. The van der Waals surface area contributed by atoms with Crippen molar-refractivity contribution in [1.82, 2.24) is 5.32 Å². The van der Waals surface area contributed by atoms with Gasteiger partial charge >= 0.3 is 6.18 Å². The number of halogens is 3. The Kier molecular flexibility index (Phi) is 3.29. The van der Waals surface area contributed by atoms with Crippen LogP contribution in [0, 0.1) is 0 Å². The Morgan fingerprint density at radius 3 is 2.63 bits per heavy atom. The summed E-state index contributed by atoms with van der Waals surface area (Å²) in [7, 11) is 0. The smallest absolute Gasteiger partial charge is 0.313 e. The van der Waals surface area contributed by atoms with Gasteiger partial charge in [0.25, 0.3) is 0 Å². The van der Waals surface area contributed by atoms with E-state index in [1.165, 1.54) is 6.07 Å². The number of fused-ring (bicyclic) bond motifs is 1. The molecule has 1 nitrogen and oxygen atoms in total. The topological polar surface area (TPSA) is 12.0 Å². The van der Waals surface area contributed by atoms with Gasteiger partial charge in [-0.2, -0.15) is 13.2 Å². The summed E-state index contributed by atoms with van der Waals surface area (Å²) in [6.45, 7) is 0.995.